The summed E-state index contributed by atoms with van der Waals surface area (Å²) < 4.78 is 0. The van der Waals surface area contributed by atoms with Gasteiger partial charge in [-0.25, -0.2) is 0 Å². The summed E-state index contributed by atoms with van der Waals surface area (Å²) in [7, 11) is 3.89. The van der Waals surface area contributed by atoms with Gasteiger partial charge in [-0.05, 0) is 52.9 Å². The van der Waals surface area contributed by atoms with Gasteiger partial charge in [-0.15, -0.1) is 0 Å². The van der Waals surface area contributed by atoms with E-state index in [1.807, 2.05) is 67.5 Å². The maximum atomic E-state index is 13.3. The lowest BCUT2D eigenvalue weighted by Gasteiger charge is -2.27. The van der Waals surface area contributed by atoms with Crippen LogP contribution in [0, 0.1) is 0 Å². The zero-order valence-electron chi connectivity index (χ0n) is 20.1. The van der Waals surface area contributed by atoms with Gasteiger partial charge in [0.2, 0.25) is 0 Å². The summed E-state index contributed by atoms with van der Waals surface area (Å²) in [5.41, 5.74) is 3.90. The van der Waals surface area contributed by atoms with Crippen molar-refractivity contribution in [2.75, 3.05) is 23.9 Å². The fourth-order valence-corrected chi connectivity index (χ4v) is 4.16. The lowest BCUT2D eigenvalue weighted by Crippen LogP contribution is -2.29. The van der Waals surface area contributed by atoms with E-state index in [-0.39, 0.29) is 16.7 Å². The number of rotatable bonds is 4. The van der Waals surface area contributed by atoms with Crippen molar-refractivity contribution in [3.63, 3.8) is 0 Å². The molecule has 1 unspecified atom stereocenters. The standard InChI is InChI=1S/C28H29N3O3/c1-28(2,3)20-8-12-22(13-9-20)31-24(18-6-10-21(11-7-18)30(4)5)23(26(33)27(31)34)25(32)19-14-16-29-17-15-19/h6-17,24,32H,1-5H3/b25-23+. The summed E-state index contributed by atoms with van der Waals surface area (Å²) in [4.78, 5) is 34.0. The highest BCUT2D eigenvalue weighted by atomic mass is 16.3. The number of anilines is 2. The summed E-state index contributed by atoms with van der Waals surface area (Å²) in [5, 5.41) is 11.1. The molecule has 2 aromatic carbocycles. The van der Waals surface area contributed by atoms with E-state index in [9.17, 15) is 14.7 Å². The van der Waals surface area contributed by atoms with E-state index in [2.05, 4.69) is 25.8 Å². The van der Waals surface area contributed by atoms with Gasteiger partial charge in [0.1, 0.15) is 5.76 Å². The van der Waals surface area contributed by atoms with Crippen LogP contribution in [-0.4, -0.2) is 35.9 Å². The van der Waals surface area contributed by atoms with Crippen LogP contribution in [0.25, 0.3) is 5.76 Å². The topological polar surface area (TPSA) is 73.7 Å². The fourth-order valence-electron chi connectivity index (χ4n) is 4.16. The van der Waals surface area contributed by atoms with E-state index >= 15 is 0 Å². The van der Waals surface area contributed by atoms with Crippen LogP contribution in [0.1, 0.15) is 43.5 Å². The number of hydrogen-bond donors (Lipinski definition) is 1. The molecule has 0 aliphatic carbocycles. The Morgan fingerprint density at radius 3 is 2.03 bits per heavy atom. The molecule has 0 radical (unpaired) electrons. The average molecular weight is 456 g/mol. The molecule has 6 nitrogen and oxygen atoms in total. The average Bonchev–Trinajstić information content (AvgIpc) is 3.09. The smallest absolute Gasteiger partial charge is 0.300 e. The van der Waals surface area contributed by atoms with Crippen LogP contribution in [0.5, 0.6) is 0 Å². The van der Waals surface area contributed by atoms with Crippen molar-refractivity contribution in [3.05, 3.63) is 95.3 Å². The maximum absolute atomic E-state index is 13.3. The molecule has 3 aromatic rings. The van der Waals surface area contributed by atoms with Crippen LogP contribution in [0.15, 0.2) is 78.6 Å². The van der Waals surface area contributed by atoms with Gasteiger partial charge in [-0.1, -0.05) is 45.0 Å². The Morgan fingerprint density at radius 2 is 1.50 bits per heavy atom. The predicted molar refractivity (Wildman–Crippen MR) is 135 cm³/mol. The van der Waals surface area contributed by atoms with Crippen molar-refractivity contribution in [3.8, 4) is 0 Å². The Morgan fingerprint density at radius 1 is 0.912 bits per heavy atom. The lowest BCUT2D eigenvalue weighted by molar-refractivity contribution is -0.132. The fraction of sp³-hybridized carbons (Fsp3) is 0.250. The van der Waals surface area contributed by atoms with Gasteiger partial charge in [0, 0.05) is 43.4 Å². The molecule has 1 fully saturated rings. The minimum Gasteiger partial charge on any atom is -0.507 e. The number of carbonyl (C=O) groups is 2. The molecule has 34 heavy (non-hydrogen) atoms. The van der Waals surface area contributed by atoms with Gasteiger partial charge < -0.3 is 10.0 Å². The number of benzene rings is 2. The molecule has 0 bridgehead atoms. The summed E-state index contributed by atoms with van der Waals surface area (Å²) in [6, 6.07) is 17.8. The van der Waals surface area contributed by atoms with Gasteiger partial charge >= 0.3 is 0 Å². The largest absolute Gasteiger partial charge is 0.507 e. The van der Waals surface area contributed by atoms with Crippen molar-refractivity contribution < 1.29 is 14.7 Å². The summed E-state index contributed by atoms with van der Waals surface area (Å²) in [5.74, 6) is -1.59. The van der Waals surface area contributed by atoms with Crippen LogP contribution >= 0.6 is 0 Å². The van der Waals surface area contributed by atoms with Gasteiger partial charge in [0.05, 0.1) is 11.6 Å². The molecule has 0 saturated carbocycles. The number of nitrogens with zero attached hydrogens (tertiary/aromatic N) is 3. The molecule has 1 aliphatic rings. The second kappa shape index (κ2) is 8.78. The minimum atomic E-state index is -0.759. The first-order chi connectivity index (χ1) is 16.1. The molecule has 0 spiro atoms. The molecular formula is C28H29N3O3. The van der Waals surface area contributed by atoms with Crippen LogP contribution in [-0.2, 0) is 15.0 Å². The predicted octanol–water partition coefficient (Wildman–Crippen LogP) is 5.07. The van der Waals surface area contributed by atoms with Gasteiger partial charge in [-0.2, -0.15) is 0 Å². The highest BCUT2D eigenvalue weighted by Gasteiger charge is 2.47. The first-order valence-corrected chi connectivity index (χ1v) is 11.2. The van der Waals surface area contributed by atoms with Crippen LogP contribution in [0.2, 0.25) is 0 Å². The van der Waals surface area contributed by atoms with Gasteiger partial charge in [-0.3, -0.25) is 19.5 Å². The molecule has 174 valence electrons. The monoisotopic (exact) mass is 455 g/mol. The quantitative estimate of drug-likeness (QED) is 0.338. The summed E-state index contributed by atoms with van der Waals surface area (Å²) in [6.07, 6.45) is 3.08. The molecule has 1 saturated heterocycles. The third kappa shape index (κ3) is 4.19. The highest BCUT2D eigenvalue weighted by molar-refractivity contribution is 6.51. The highest BCUT2D eigenvalue weighted by Crippen LogP contribution is 2.42. The van der Waals surface area contributed by atoms with Crippen LogP contribution < -0.4 is 9.80 Å². The second-order valence-corrected chi connectivity index (χ2v) is 9.69. The minimum absolute atomic E-state index is 0.0462. The normalized spacial score (nSPS) is 17.8. The molecule has 1 N–H and O–H groups in total. The number of aliphatic hydroxyl groups excluding tert-OH is 1. The Labute approximate surface area is 200 Å². The van der Waals surface area contributed by atoms with E-state index < -0.39 is 17.7 Å². The molecule has 1 amide bonds. The number of pyridine rings is 1. The third-order valence-electron chi connectivity index (χ3n) is 6.13. The Kier molecular flexibility index (Phi) is 6.00. The first-order valence-electron chi connectivity index (χ1n) is 11.2. The van der Waals surface area contributed by atoms with Crippen molar-refractivity contribution in [2.24, 2.45) is 0 Å². The van der Waals surface area contributed by atoms with E-state index in [1.54, 1.807) is 12.1 Å². The first kappa shape index (κ1) is 23.2. The van der Waals surface area contributed by atoms with Gasteiger partial charge in [0.15, 0.2) is 0 Å². The Balaban J connectivity index is 1.89. The number of hydrogen-bond acceptors (Lipinski definition) is 5. The number of carbonyl (C=O) groups excluding carboxylic acids is 2. The van der Waals surface area contributed by atoms with Crippen LogP contribution in [0.4, 0.5) is 11.4 Å². The SMILES string of the molecule is CN(C)c1ccc(C2/C(=C(\O)c3ccncc3)C(=O)C(=O)N2c2ccc(C(C)(C)C)cc2)cc1. The van der Waals surface area contributed by atoms with Crippen molar-refractivity contribution in [2.45, 2.75) is 32.2 Å². The molecular weight excluding hydrogens is 426 g/mol. The number of Topliss-reactive ketones (excluding diaryl/α,β-unsaturated/α-hetero) is 1. The molecule has 4 rings (SSSR count). The van der Waals surface area contributed by atoms with Crippen molar-refractivity contribution >= 4 is 28.8 Å². The number of aliphatic hydroxyl groups is 1. The zero-order valence-corrected chi connectivity index (χ0v) is 20.1. The molecule has 2 heterocycles. The molecule has 1 atom stereocenters. The summed E-state index contributed by atoms with van der Waals surface area (Å²) >= 11 is 0. The Bertz CT molecular complexity index is 1240. The van der Waals surface area contributed by atoms with E-state index in [0.717, 1.165) is 16.8 Å². The molecule has 1 aromatic heterocycles. The maximum Gasteiger partial charge on any atom is 0.300 e. The summed E-state index contributed by atoms with van der Waals surface area (Å²) in [6.45, 7) is 6.36. The van der Waals surface area contributed by atoms with E-state index in [4.69, 9.17) is 0 Å². The van der Waals surface area contributed by atoms with Crippen molar-refractivity contribution in [1.82, 2.24) is 4.98 Å². The zero-order chi connectivity index (χ0) is 24.6. The number of amides is 1. The molecule has 1 aliphatic heterocycles. The van der Waals surface area contributed by atoms with Crippen LogP contribution in [0.3, 0.4) is 0 Å². The second-order valence-electron chi connectivity index (χ2n) is 9.69. The van der Waals surface area contributed by atoms with Crippen molar-refractivity contribution in [1.29, 1.82) is 0 Å². The van der Waals surface area contributed by atoms with E-state index in [1.165, 1.54) is 17.3 Å². The lowest BCUT2D eigenvalue weighted by atomic mass is 9.87. The number of aromatic nitrogens is 1. The molecule has 6 heteroatoms. The third-order valence-corrected chi connectivity index (χ3v) is 6.13. The number of ketones is 1. The Hall–Kier alpha value is -3.93. The van der Waals surface area contributed by atoms with Gasteiger partial charge in [0.25, 0.3) is 11.7 Å². The van der Waals surface area contributed by atoms with E-state index in [0.29, 0.717) is 11.3 Å².